The van der Waals surface area contributed by atoms with Gasteiger partial charge in [0.1, 0.15) is 0 Å². The quantitative estimate of drug-likeness (QED) is 0.825. The average molecular weight is 335 g/mol. The molecule has 0 saturated heterocycles. The fraction of sp³-hybridized carbons (Fsp3) is 0.125. The predicted octanol–water partition coefficient (Wildman–Crippen LogP) is 4.17. The van der Waals surface area contributed by atoms with Crippen molar-refractivity contribution in [3.8, 4) is 0 Å². The highest BCUT2D eigenvalue weighted by molar-refractivity contribution is 8.00. The molecule has 0 aliphatic heterocycles. The summed E-state index contributed by atoms with van der Waals surface area (Å²) in [6.07, 6.45) is 0. The molecular formula is C16H15ClN2O2S. The molecule has 1 unspecified atom stereocenters. The van der Waals surface area contributed by atoms with Crippen LogP contribution in [0.2, 0.25) is 5.02 Å². The topological polar surface area (TPSA) is 58.2 Å². The van der Waals surface area contributed by atoms with Crippen LogP contribution < -0.4 is 10.6 Å². The van der Waals surface area contributed by atoms with Crippen LogP contribution in [0.5, 0.6) is 0 Å². The van der Waals surface area contributed by atoms with E-state index in [0.717, 1.165) is 4.90 Å². The van der Waals surface area contributed by atoms with Crippen LogP contribution in [-0.2, 0) is 4.79 Å². The van der Waals surface area contributed by atoms with Crippen LogP contribution in [0.1, 0.15) is 6.92 Å². The number of nitrogens with one attached hydrogen (secondary N) is 2. The molecule has 0 aliphatic rings. The van der Waals surface area contributed by atoms with Gasteiger partial charge in [-0.2, -0.15) is 0 Å². The summed E-state index contributed by atoms with van der Waals surface area (Å²) < 4.78 is 0. The van der Waals surface area contributed by atoms with E-state index in [0.29, 0.717) is 10.7 Å². The Kier molecular flexibility index (Phi) is 5.86. The normalized spacial score (nSPS) is 11.5. The third-order valence-electron chi connectivity index (χ3n) is 2.78. The zero-order valence-corrected chi connectivity index (χ0v) is 13.4. The Labute approximate surface area is 138 Å². The van der Waals surface area contributed by atoms with Gasteiger partial charge in [-0.1, -0.05) is 41.9 Å². The monoisotopic (exact) mass is 334 g/mol. The summed E-state index contributed by atoms with van der Waals surface area (Å²) in [5.41, 5.74) is 0.624. The smallest absolute Gasteiger partial charge is 0.308 e. The number of para-hydroxylation sites is 1. The van der Waals surface area contributed by atoms with Crippen molar-refractivity contribution in [2.24, 2.45) is 0 Å². The van der Waals surface area contributed by atoms with Gasteiger partial charge in [-0.05, 0) is 31.2 Å². The lowest BCUT2D eigenvalue weighted by molar-refractivity contribution is -0.119. The number of carbonyl (C=O) groups excluding carboxylic acids is 2. The molecule has 3 amide bonds. The Morgan fingerprint density at radius 3 is 2.36 bits per heavy atom. The number of anilines is 1. The van der Waals surface area contributed by atoms with Gasteiger partial charge in [0.2, 0.25) is 5.91 Å². The Bertz CT molecular complexity index is 664. The number of rotatable bonds is 4. The SMILES string of the molecule is CC(Sc1ccccc1Cl)C(=O)NC(=O)Nc1ccccc1. The van der Waals surface area contributed by atoms with Gasteiger partial charge in [-0.3, -0.25) is 10.1 Å². The molecule has 2 aromatic rings. The molecular weight excluding hydrogens is 320 g/mol. The summed E-state index contributed by atoms with van der Waals surface area (Å²) in [6, 6.07) is 15.6. The van der Waals surface area contributed by atoms with Crippen LogP contribution in [0.15, 0.2) is 59.5 Å². The number of halogens is 1. The van der Waals surface area contributed by atoms with Crippen molar-refractivity contribution >= 4 is 41.0 Å². The lowest BCUT2D eigenvalue weighted by atomic mass is 10.3. The lowest BCUT2D eigenvalue weighted by Crippen LogP contribution is -2.38. The Balaban J connectivity index is 1.88. The predicted molar refractivity (Wildman–Crippen MR) is 90.4 cm³/mol. The second-order valence-corrected chi connectivity index (χ2v) is 6.29. The lowest BCUT2D eigenvalue weighted by Gasteiger charge is -2.12. The number of urea groups is 1. The van der Waals surface area contributed by atoms with Crippen molar-refractivity contribution in [3.63, 3.8) is 0 Å². The third kappa shape index (κ3) is 4.79. The van der Waals surface area contributed by atoms with Gasteiger partial charge < -0.3 is 5.32 Å². The second-order valence-electron chi connectivity index (χ2n) is 4.50. The molecule has 4 nitrogen and oxygen atoms in total. The van der Waals surface area contributed by atoms with E-state index in [1.165, 1.54) is 11.8 Å². The first-order valence-corrected chi connectivity index (χ1v) is 7.90. The van der Waals surface area contributed by atoms with Gasteiger partial charge in [0.05, 0.1) is 10.3 Å². The van der Waals surface area contributed by atoms with Gasteiger partial charge in [-0.15, -0.1) is 11.8 Å². The Hall–Kier alpha value is -1.98. The zero-order chi connectivity index (χ0) is 15.9. The fourth-order valence-electron chi connectivity index (χ4n) is 1.68. The van der Waals surface area contributed by atoms with E-state index in [4.69, 9.17) is 11.6 Å². The first-order valence-electron chi connectivity index (χ1n) is 6.64. The molecule has 22 heavy (non-hydrogen) atoms. The Morgan fingerprint density at radius 1 is 1.05 bits per heavy atom. The molecule has 2 N–H and O–H groups in total. The van der Waals surface area contributed by atoms with Crippen LogP contribution in [0.4, 0.5) is 10.5 Å². The van der Waals surface area contributed by atoms with Crippen molar-refractivity contribution in [1.82, 2.24) is 5.32 Å². The molecule has 0 aromatic heterocycles. The maximum absolute atomic E-state index is 12.0. The molecule has 0 heterocycles. The highest BCUT2D eigenvalue weighted by Crippen LogP contribution is 2.29. The summed E-state index contributed by atoms with van der Waals surface area (Å²) >= 11 is 7.36. The van der Waals surface area contributed by atoms with E-state index in [2.05, 4.69) is 10.6 Å². The molecule has 6 heteroatoms. The maximum atomic E-state index is 12.0. The van der Waals surface area contributed by atoms with E-state index in [1.54, 1.807) is 37.3 Å². The summed E-state index contributed by atoms with van der Waals surface area (Å²) in [5.74, 6) is -0.377. The van der Waals surface area contributed by atoms with E-state index in [1.807, 2.05) is 24.3 Å². The van der Waals surface area contributed by atoms with Crippen molar-refractivity contribution in [3.05, 3.63) is 59.6 Å². The van der Waals surface area contributed by atoms with Crippen molar-refractivity contribution < 1.29 is 9.59 Å². The fourth-order valence-corrected chi connectivity index (χ4v) is 2.84. The van der Waals surface area contributed by atoms with E-state index in [-0.39, 0.29) is 5.91 Å². The van der Waals surface area contributed by atoms with Gasteiger partial charge in [0, 0.05) is 10.6 Å². The zero-order valence-electron chi connectivity index (χ0n) is 11.9. The molecule has 0 bridgehead atoms. The number of hydrogen-bond acceptors (Lipinski definition) is 3. The molecule has 0 aliphatic carbocycles. The molecule has 114 valence electrons. The molecule has 0 spiro atoms. The minimum absolute atomic E-state index is 0.377. The third-order valence-corrected chi connectivity index (χ3v) is 4.40. The van der Waals surface area contributed by atoms with Crippen LogP contribution >= 0.6 is 23.4 Å². The number of thioether (sulfide) groups is 1. The number of imide groups is 1. The second kappa shape index (κ2) is 7.87. The first-order chi connectivity index (χ1) is 10.6. The van der Waals surface area contributed by atoms with Crippen molar-refractivity contribution in [1.29, 1.82) is 0 Å². The number of benzene rings is 2. The molecule has 2 rings (SSSR count). The minimum atomic E-state index is -0.553. The minimum Gasteiger partial charge on any atom is -0.308 e. The molecule has 2 aromatic carbocycles. The van der Waals surface area contributed by atoms with Crippen LogP contribution in [0.25, 0.3) is 0 Å². The first kappa shape index (κ1) is 16.4. The summed E-state index contributed by atoms with van der Waals surface area (Å²) in [4.78, 5) is 24.6. The van der Waals surface area contributed by atoms with Gasteiger partial charge in [0.25, 0.3) is 0 Å². The van der Waals surface area contributed by atoms with E-state index in [9.17, 15) is 9.59 Å². The molecule has 0 fully saturated rings. The van der Waals surface area contributed by atoms with E-state index >= 15 is 0 Å². The van der Waals surface area contributed by atoms with Crippen molar-refractivity contribution in [2.45, 2.75) is 17.1 Å². The van der Waals surface area contributed by atoms with Gasteiger partial charge >= 0.3 is 6.03 Å². The number of hydrogen-bond donors (Lipinski definition) is 2. The summed E-state index contributed by atoms with van der Waals surface area (Å²) in [5, 5.41) is 5.05. The van der Waals surface area contributed by atoms with Crippen molar-refractivity contribution in [2.75, 3.05) is 5.32 Å². The van der Waals surface area contributed by atoms with Crippen LogP contribution in [-0.4, -0.2) is 17.2 Å². The molecule has 1 atom stereocenters. The highest BCUT2D eigenvalue weighted by atomic mass is 35.5. The standard InChI is InChI=1S/C16H15ClN2O2S/c1-11(22-14-10-6-5-9-13(14)17)15(20)19-16(21)18-12-7-3-2-4-8-12/h2-11H,1H3,(H2,18,19,20,21). The summed E-state index contributed by atoms with van der Waals surface area (Å²) in [6.45, 7) is 1.72. The average Bonchev–Trinajstić information content (AvgIpc) is 2.50. The van der Waals surface area contributed by atoms with E-state index < -0.39 is 11.3 Å². The maximum Gasteiger partial charge on any atom is 0.325 e. The number of carbonyl (C=O) groups is 2. The number of amides is 3. The van der Waals surface area contributed by atoms with Gasteiger partial charge in [0.15, 0.2) is 0 Å². The Morgan fingerprint density at radius 2 is 1.68 bits per heavy atom. The molecule has 0 saturated carbocycles. The molecule has 0 radical (unpaired) electrons. The van der Waals surface area contributed by atoms with Crippen LogP contribution in [0, 0.1) is 0 Å². The van der Waals surface area contributed by atoms with Crippen LogP contribution in [0.3, 0.4) is 0 Å². The largest absolute Gasteiger partial charge is 0.325 e. The highest BCUT2D eigenvalue weighted by Gasteiger charge is 2.18. The van der Waals surface area contributed by atoms with Gasteiger partial charge in [-0.25, -0.2) is 4.79 Å². The summed E-state index contributed by atoms with van der Waals surface area (Å²) in [7, 11) is 0.